The number of ether oxygens (including phenoxy) is 1. The van der Waals surface area contributed by atoms with Crippen LogP contribution in [0.15, 0.2) is 29.4 Å². The molecule has 1 aromatic heterocycles. The van der Waals surface area contributed by atoms with Crippen molar-refractivity contribution in [2.24, 2.45) is 7.05 Å². The summed E-state index contributed by atoms with van der Waals surface area (Å²) in [7, 11) is 1.79. The Bertz CT molecular complexity index is 613. The second-order valence-electron chi connectivity index (χ2n) is 4.25. The highest BCUT2D eigenvalue weighted by Gasteiger charge is 2.11. The average molecular weight is 293 g/mol. The van der Waals surface area contributed by atoms with Crippen LogP contribution in [-0.4, -0.2) is 31.6 Å². The molecule has 0 aliphatic heterocycles. The molecule has 20 heavy (non-hydrogen) atoms. The first-order valence-electron chi connectivity index (χ1n) is 5.98. The largest absolute Gasteiger partial charge is 0.486 e. The van der Waals surface area contributed by atoms with E-state index in [1.807, 2.05) is 31.2 Å². The summed E-state index contributed by atoms with van der Waals surface area (Å²) in [6, 6.07) is 7.74. The van der Waals surface area contributed by atoms with Crippen LogP contribution in [0.25, 0.3) is 0 Å². The maximum Gasteiger partial charge on any atom is 0.313 e. The number of aryl methyl sites for hydroxylation is 1. The molecule has 0 spiro atoms. The highest BCUT2D eigenvalue weighted by atomic mass is 32.2. The Hall–Kier alpha value is -2.02. The molecule has 0 fully saturated rings. The van der Waals surface area contributed by atoms with E-state index < -0.39 is 5.97 Å². The molecule has 106 valence electrons. The van der Waals surface area contributed by atoms with Crippen molar-refractivity contribution in [1.82, 2.24) is 14.8 Å². The number of rotatable bonds is 6. The minimum absolute atomic E-state index is 0.0370. The van der Waals surface area contributed by atoms with E-state index in [4.69, 9.17) is 9.84 Å². The van der Waals surface area contributed by atoms with Gasteiger partial charge in [-0.15, -0.1) is 10.2 Å². The molecular formula is C13H15N3O3S. The summed E-state index contributed by atoms with van der Waals surface area (Å²) in [6.45, 7) is 2.29. The Morgan fingerprint density at radius 3 is 2.95 bits per heavy atom. The van der Waals surface area contributed by atoms with Gasteiger partial charge in [-0.05, 0) is 24.6 Å². The van der Waals surface area contributed by atoms with E-state index in [1.54, 1.807) is 11.6 Å². The first-order valence-corrected chi connectivity index (χ1v) is 6.97. The molecule has 0 radical (unpaired) electrons. The molecule has 0 saturated heterocycles. The molecule has 6 nitrogen and oxygen atoms in total. The number of nitrogens with zero attached hydrogens (tertiary/aromatic N) is 3. The van der Waals surface area contributed by atoms with Crippen LogP contribution in [0.3, 0.4) is 0 Å². The number of benzene rings is 1. The van der Waals surface area contributed by atoms with Crippen molar-refractivity contribution in [1.29, 1.82) is 0 Å². The average Bonchev–Trinajstić information content (AvgIpc) is 2.75. The third kappa shape index (κ3) is 3.74. The van der Waals surface area contributed by atoms with E-state index in [-0.39, 0.29) is 5.75 Å². The molecule has 0 atom stereocenters. The van der Waals surface area contributed by atoms with Gasteiger partial charge in [0, 0.05) is 7.05 Å². The van der Waals surface area contributed by atoms with Gasteiger partial charge >= 0.3 is 5.97 Å². The van der Waals surface area contributed by atoms with Gasteiger partial charge in [-0.3, -0.25) is 4.79 Å². The standard InChI is InChI=1S/C13H15N3O3S/c1-9-4-3-5-10(6-9)19-7-11-14-15-13(16(11)2)20-8-12(17)18/h3-6H,7-8H2,1-2H3,(H,17,18). The molecule has 0 aliphatic rings. The zero-order chi connectivity index (χ0) is 14.5. The molecule has 7 heteroatoms. The molecule has 1 aromatic carbocycles. The van der Waals surface area contributed by atoms with Gasteiger partial charge < -0.3 is 14.4 Å². The third-order valence-electron chi connectivity index (χ3n) is 2.61. The predicted molar refractivity (Wildman–Crippen MR) is 74.9 cm³/mol. The summed E-state index contributed by atoms with van der Waals surface area (Å²) in [4.78, 5) is 10.5. The number of hydrogen-bond acceptors (Lipinski definition) is 5. The number of aliphatic carboxylic acids is 1. The van der Waals surface area contributed by atoms with Crippen LogP contribution in [-0.2, 0) is 18.4 Å². The topological polar surface area (TPSA) is 77.2 Å². The summed E-state index contributed by atoms with van der Waals surface area (Å²) >= 11 is 1.13. The fourth-order valence-electron chi connectivity index (χ4n) is 1.58. The zero-order valence-electron chi connectivity index (χ0n) is 11.2. The summed E-state index contributed by atoms with van der Waals surface area (Å²) < 4.78 is 7.38. The van der Waals surface area contributed by atoms with Gasteiger partial charge in [0.05, 0.1) is 5.75 Å². The van der Waals surface area contributed by atoms with E-state index in [2.05, 4.69) is 10.2 Å². The lowest BCUT2D eigenvalue weighted by Crippen LogP contribution is -2.05. The second kappa shape index (κ2) is 6.42. The molecule has 0 aliphatic carbocycles. The van der Waals surface area contributed by atoms with E-state index in [0.717, 1.165) is 23.1 Å². The quantitative estimate of drug-likeness (QED) is 0.819. The number of carbonyl (C=O) groups is 1. The van der Waals surface area contributed by atoms with Crippen molar-refractivity contribution in [3.05, 3.63) is 35.7 Å². The van der Waals surface area contributed by atoms with Crippen LogP contribution >= 0.6 is 11.8 Å². The lowest BCUT2D eigenvalue weighted by molar-refractivity contribution is -0.133. The van der Waals surface area contributed by atoms with Crippen molar-refractivity contribution < 1.29 is 14.6 Å². The number of carboxylic acid groups (broad SMARTS) is 1. The van der Waals surface area contributed by atoms with E-state index in [9.17, 15) is 4.79 Å². The summed E-state index contributed by atoms with van der Waals surface area (Å²) in [5, 5.41) is 17.2. The van der Waals surface area contributed by atoms with Crippen LogP contribution in [0.5, 0.6) is 5.75 Å². The van der Waals surface area contributed by atoms with Gasteiger partial charge in [0.2, 0.25) is 0 Å². The van der Waals surface area contributed by atoms with E-state index in [1.165, 1.54) is 0 Å². The molecule has 0 bridgehead atoms. The third-order valence-corrected chi connectivity index (χ3v) is 3.61. The van der Waals surface area contributed by atoms with Crippen LogP contribution < -0.4 is 4.74 Å². The maximum atomic E-state index is 10.5. The first-order chi connectivity index (χ1) is 9.56. The Kier molecular flexibility index (Phi) is 4.62. The van der Waals surface area contributed by atoms with Gasteiger partial charge in [0.15, 0.2) is 11.0 Å². The van der Waals surface area contributed by atoms with Crippen molar-refractivity contribution >= 4 is 17.7 Å². The molecule has 2 rings (SSSR count). The van der Waals surface area contributed by atoms with Crippen molar-refractivity contribution in [2.75, 3.05) is 5.75 Å². The van der Waals surface area contributed by atoms with Gasteiger partial charge in [-0.2, -0.15) is 0 Å². The first kappa shape index (κ1) is 14.4. The predicted octanol–water partition coefficient (Wildman–Crippen LogP) is 1.88. The molecule has 1 heterocycles. The van der Waals surface area contributed by atoms with E-state index >= 15 is 0 Å². The summed E-state index contributed by atoms with van der Waals surface area (Å²) in [6.07, 6.45) is 0. The molecule has 2 aromatic rings. The second-order valence-corrected chi connectivity index (χ2v) is 5.19. The number of aromatic nitrogens is 3. The van der Waals surface area contributed by atoms with Crippen molar-refractivity contribution in [2.45, 2.75) is 18.7 Å². The van der Waals surface area contributed by atoms with Crippen LogP contribution in [0.4, 0.5) is 0 Å². The molecule has 0 unspecified atom stereocenters. The van der Waals surface area contributed by atoms with E-state index in [0.29, 0.717) is 17.6 Å². The summed E-state index contributed by atoms with van der Waals surface area (Å²) in [5.41, 5.74) is 1.12. The number of thioether (sulfide) groups is 1. The summed E-state index contributed by atoms with van der Waals surface area (Å²) in [5.74, 6) is 0.507. The number of hydrogen-bond donors (Lipinski definition) is 1. The minimum Gasteiger partial charge on any atom is -0.486 e. The molecule has 0 saturated carbocycles. The van der Waals surface area contributed by atoms with Gasteiger partial charge in [-0.25, -0.2) is 0 Å². The Labute approximate surface area is 120 Å². The molecule has 1 N–H and O–H groups in total. The SMILES string of the molecule is Cc1cccc(OCc2nnc(SCC(=O)O)n2C)c1. The highest BCUT2D eigenvalue weighted by molar-refractivity contribution is 7.99. The van der Waals surface area contributed by atoms with Gasteiger partial charge in [0.1, 0.15) is 12.4 Å². The van der Waals surface area contributed by atoms with Crippen LogP contribution in [0.1, 0.15) is 11.4 Å². The van der Waals surface area contributed by atoms with Crippen LogP contribution in [0.2, 0.25) is 0 Å². The Morgan fingerprint density at radius 1 is 1.45 bits per heavy atom. The minimum atomic E-state index is -0.879. The fourth-order valence-corrected chi connectivity index (χ4v) is 2.23. The molecular weight excluding hydrogens is 278 g/mol. The monoisotopic (exact) mass is 293 g/mol. The Balaban J connectivity index is 1.98. The maximum absolute atomic E-state index is 10.5. The fraction of sp³-hybridized carbons (Fsp3) is 0.308. The lowest BCUT2D eigenvalue weighted by Gasteiger charge is -2.06. The normalized spacial score (nSPS) is 10.5. The lowest BCUT2D eigenvalue weighted by atomic mass is 10.2. The van der Waals surface area contributed by atoms with Gasteiger partial charge in [0.25, 0.3) is 0 Å². The smallest absolute Gasteiger partial charge is 0.313 e. The van der Waals surface area contributed by atoms with Crippen molar-refractivity contribution in [3.8, 4) is 5.75 Å². The molecule has 0 amide bonds. The number of carboxylic acids is 1. The van der Waals surface area contributed by atoms with Crippen molar-refractivity contribution in [3.63, 3.8) is 0 Å². The highest BCUT2D eigenvalue weighted by Crippen LogP contribution is 2.17. The zero-order valence-corrected chi connectivity index (χ0v) is 12.1. The Morgan fingerprint density at radius 2 is 2.25 bits per heavy atom. The van der Waals surface area contributed by atoms with Gasteiger partial charge in [-0.1, -0.05) is 23.9 Å². The van der Waals surface area contributed by atoms with Crippen LogP contribution in [0, 0.1) is 6.92 Å².